The topological polar surface area (TPSA) is 0 Å². The summed E-state index contributed by atoms with van der Waals surface area (Å²) in [5, 5.41) is 10.5. The quantitative estimate of drug-likeness (QED) is 0.171. The standard InChI is InChI=1S/C38H30.C4H10.2C2H6/c1-3-10-26-20-22-34-36(24-26)38(32-18-9-14-28-12-5-7-16-30(28)32)33-21-19-25(2)23-35(33)37(34)31-17-8-13-27-11-4-6-15-29(27)31;1-3-4-2;2*1-2/h4-9,11-24H,3,10H2,1-2H3;3-4H2,1-2H3;2*1-2H3. The molecule has 0 amide bonds. The van der Waals surface area contributed by atoms with Crippen molar-refractivity contribution in [3.63, 3.8) is 0 Å². The van der Waals surface area contributed by atoms with Crippen LogP contribution in [0.25, 0.3) is 65.3 Å². The third-order valence-corrected chi connectivity index (χ3v) is 8.49. The van der Waals surface area contributed by atoms with Crippen LogP contribution in [0.1, 0.15) is 78.9 Å². The number of fused-ring (bicyclic) bond motifs is 4. The first-order valence-corrected chi connectivity index (χ1v) is 17.6. The number of aryl methyl sites for hydroxylation is 2. The van der Waals surface area contributed by atoms with Crippen LogP contribution in [0.4, 0.5) is 0 Å². The molecule has 0 aliphatic rings. The number of rotatable bonds is 5. The molecule has 0 unspecified atom stereocenters. The van der Waals surface area contributed by atoms with Gasteiger partial charge in [-0.05, 0) is 84.3 Å². The summed E-state index contributed by atoms with van der Waals surface area (Å²) in [5.41, 5.74) is 7.97. The zero-order chi connectivity index (χ0) is 33.1. The first-order chi connectivity index (χ1) is 22.6. The van der Waals surface area contributed by atoms with Crippen molar-refractivity contribution < 1.29 is 0 Å². The first-order valence-electron chi connectivity index (χ1n) is 17.6. The second-order valence-corrected chi connectivity index (χ2v) is 11.5. The molecule has 0 spiro atoms. The SMILES string of the molecule is CC.CC.CCCC.CCCc1ccc2c(-c3cccc4ccccc34)c3cc(C)ccc3c(-c3cccc4ccccc34)c2c1. The molecule has 7 aromatic rings. The maximum atomic E-state index is 2.46. The Kier molecular flexibility index (Phi) is 12.6. The van der Waals surface area contributed by atoms with Gasteiger partial charge in [-0.3, -0.25) is 0 Å². The van der Waals surface area contributed by atoms with Crippen LogP contribution >= 0.6 is 0 Å². The van der Waals surface area contributed by atoms with Crippen molar-refractivity contribution in [2.24, 2.45) is 0 Å². The molecule has 0 aliphatic heterocycles. The highest BCUT2D eigenvalue weighted by Crippen LogP contribution is 2.47. The minimum atomic E-state index is 1.08. The van der Waals surface area contributed by atoms with Crippen LogP contribution in [-0.2, 0) is 6.42 Å². The average molecular weight is 605 g/mol. The Morgan fingerprint density at radius 2 is 0.848 bits per heavy atom. The highest BCUT2D eigenvalue weighted by atomic mass is 14.2. The van der Waals surface area contributed by atoms with E-state index in [1.165, 1.54) is 89.3 Å². The number of hydrogen-bond acceptors (Lipinski definition) is 0. The molecule has 0 nitrogen and oxygen atoms in total. The second-order valence-electron chi connectivity index (χ2n) is 11.5. The molecule has 46 heavy (non-hydrogen) atoms. The van der Waals surface area contributed by atoms with Gasteiger partial charge < -0.3 is 0 Å². The van der Waals surface area contributed by atoms with Crippen LogP contribution in [0.5, 0.6) is 0 Å². The lowest BCUT2D eigenvalue weighted by Crippen LogP contribution is -1.94. The summed E-state index contributed by atoms with van der Waals surface area (Å²) in [5.74, 6) is 0. The van der Waals surface area contributed by atoms with E-state index < -0.39 is 0 Å². The fraction of sp³-hybridized carbons (Fsp3) is 0.261. The van der Waals surface area contributed by atoms with Gasteiger partial charge in [-0.15, -0.1) is 0 Å². The molecule has 0 heterocycles. The third-order valence-electron chi connectivity index (χ3n) is 8.49. The van der Waals surface area contributed by atoms with Crippen LogP contribution in [0.3, 0.4) is 0 Å². The van der Waals surface area contributed by atoms with Gasteiger partial charge in [0.25, 0.3) is 0 Å². The molecule has 7 aromatic carbocycles. The molecule has 0 bridgehead atoms. The van der Waals surface area contributed by atoms with E-state index in [0.29, 0.717) is 0 Å². The van der Waals surface area contributed by atoms with Crippen molar-refractivity contribution in [3.8, 4) is 22.3 Å². The largest absolute Gasteiger partial charge is 0.0683 e. The van der Waals surface area contributed by atoms with Crippen LogP contribution in [-0.4, -0.2) is 0 Å². The normalized spacial score (nSPS) is 10.5. The Balaban J connectivity index is 0.000000550. The minimum absolute atomic E-state index is 1.08. The maximum Gasteiger partial charge on any atom is -0.00200 e. The average Bonchev–Trinajstić information content (AvgIpc) is 3.12. The Morgan fingerprint density at radius 3 is 1.35 bits per heavy atom. The molecule has 0 aliphatic carbocycles. The summed E-state index contributed by atoms with van der Waals surface area (Å²) < 4.78 is 0. The number of benzene rings is 7. The van der Waals surface area contributed by atoms with Crippen LogP contribution in [0.2, 0.25) is 0 Å². The molecule has 0 saturated heterocycles. The predicted octanol–water partition coefficient (Wildman–Crippen LogP) is 14.8. The maximum absolute atomic E-state index is 2.46. The molecule has 0 saturated carbocycles. The summed E-state index contributed by atoms with van der Waals surface area (Å²) in [4.78, 5) is 0. The van der Waals surface area contributed by atoms with Gasteiger partial charge in [0.05, 0.1) is 0 Å². The molecule has 0 atom stereocenters. The van der Waals surface area contributed by atoms with E-state index in [1.54, 1.807) is 0 Å². The van der Waals surface area contributed by atoms with Gasteiger partial charge in [-0.2, -0.15) is 0 Å². The highest BCUT2D eigenvalue weighted by molar-refractivity contribution is 6.25. The fourth-order valence-electron chi connectivity index (χ4n) is 6.30. The van der Waals surface area contributed by atoms with E-state index in [2.05, 4.69) is 149 Å². The van der Waals surface area contributed by atoms with Gasteiger partial charge in [0.2, 0.25) is 0 Å². The summed E-state index contributed by atoms with van der Waals surface area (Å²) in [6.07, 6.45) is 4.86. The van der Waals surface area contributed by atoms with E-state index in [0.717, 1.165) is 12.8 Å². The van der Waals surface area contributed by atoms with Gasteiger partial charge in [-0.25, -0.2) is 0 Å². The van der Waals surface area contributed by atoms with Crippen LogP contribution < -0.4 is 0 Å². The smallest absolute Gasteiger partial charge is 0.00200 e. The summed E-state index contributed by atoms with van der Waals surface area (Å²) in [6.45, 7) is 16.8. The molecule has 236 valence electrons. The molecule has 7 rings (SSSR count). The summed E-state index contributed by atoms with van der Waals surface area (Å²) >= 11 is 0. The van der Waals surface area contributed by atoms with Crippen molar-refractivity contribution in [2.45, 2.75) is 81.1 Å². The van der Waals surface area contributed by atoms with Crippen molar-refractivity contribution in [1.29, 1.82) is 0 Å². The van der Waals surface area contributed by atoms with Gasteiger partial charge >= 0.3 is 0 Å². The van der Waals surface area contributed by atoms with E-state index in [4.69, 9.17) is 0 Å². The predicted molar refractivity (Wildman–Crippen MR) is 209 cm³/mol. The van der Waals surface area contributed by atoms with E-state index in [1.807, 2.05) is 27.7 Å². The first kappa shape index (κ1) is 34.5. The van der Waals surface area contributed by atoms with Crippen molar-refractivity contribution in [2.75, 3.05) is 0 Å². The number of hydrogen-bond donors (Lipinski definition) is 0. The molecule has 0 heteroatoms. The monoisotopic (exact) mass is 604 g/mol. The molecule has 0 N–H and O–H groups in total. The molecule has 0 aromatic heterocycles. The van der Waals surface area contributed by atoms with Crippen LogP contribution in [0.15, 0.2) is 121 Å². The minimum Gasteiger partial charge on any atom is -0.0683 e. The fourth-order valence-corrected chi connectivity index (χ4v) is 6.30. The van der Waals surface area contributed by atoms with Crippen LogP contribution in [0, 0.1) is 6.92 Å². The van der Waals surface area contributed by atoms with Gasteiger partial charge in [0.1, 0.15) is 0 Å². The highest BCUT2D eigenvalue weighted by Gasteiger charge is 2.19. The zero-order valence-electron chi connectivity index (χ0n) is 29.4. The summed E-state index contributed by atoms with van der Waals surface area (Å²) in [7, 11) is 0. The third kappa shape index (κ3) is 7.02. The Morgan fingerprint density at radius 1 is 0.391 bits per heavy atom. The van der Waals surface area contributed by atoms with E-state index >= 15 is 0 Å². The molecule has 0 radical (unpaired) electrons. The van der Waals surface area contributed by atoms with Gasteiger partial charge in [0, 0.05) is 0 Å². The van der Waals surface area contributed by atoms with Crippen molar-refractivity contribution in [1.82, 2.24) is 0 Å². The Bertz CT molecular complexity index is 2010. The van der Waals surface area contributed by atoms with E-state index in [-0.39, 0.29) is 0 Å². The van der Waals surface area contributed by atoms with Crippen molar-refractivity contribution in [3.05, 3.63) is 132 Å². The Hall–Kier alpha value is -4.42. The Labute approximate surface area is 278 Å². The summed E-state index contributed by atoms with van der Waals surface area (Å²) in [6, 6.07) is 45.2. The molecule has 0 fully saturated rings. The van der Waals surface area contributed by atoms with Gasteiger partial charge in [-0.1, -0.05) is 195 Å². The lowest BCUT2D eigenvalue weighted by Gasteiger charge is -2.21. The van der Waals surface area contributed by atoms with Crippen molar-refractivity contribution >= 4 is 43.1 Å². The molecular formula is C46H52. The molecular weight excluding hydrogens is 553 g/mol. The van der Waals surface area contributed by atoms with E-state index in [9.17, 15) is 0 Å². The van der Waals surface area contributed by atoms with Gasteiger partial charge in [0.15, 0.2) is 0 Å². The lowest BCUT2D eigenvalue weighted by atomic mass is 9.82. The lowest BCUT2D eigenvalue weighted by molar-refractivity contribution is 0.886. The second kappa shape index (κ2) is 16.8. The number of unbranched alkanes of at least 4 members (excludes halogenated alkanes) is 1. The zero-order valence-corrected chi connectivity index (χ0v) is 29.4.